The Morgan fingerprint density at radius 3 is 2.86 bits per heavy atom. The van der Waals surface area contributed by atoms with Gasteiger partial charge < -0.3 is 5.32 Å². The lowest BCUT2D eigenvalue weighted by Crippen LogP contribution is -2.15. The zero-order chi connectivity index (χ0) is 10.4. The lowest BCUT2D eigenvalue weighted by molar-refractivity contribution is 0.611. The molecule has 1 unspecified atom stereocenters. The molecule has 0 bridgehead atoms. The Morgan fingerprint density at radius 2 is 2.29 bits per heavy atom. The monoisotopic (exact) mass is 207 g/mol. The Labute approximate surface area is 90.5 Å². The van der Waals surface area contributed by atoms with Gasteiger partial charge in [-0.05, 0) is 31.7 Å². The van der Waals surface area contributed by atoms with Crippen LogP contribution in [0.1, 0.15) is 24.9 Å². The first-order valence-electron chi connectivity index (χ1n) is 4.60. The number of rotatable bonds is 3. The third-order valence-corrected chi connectivity index (χ3v) is 2.32. The van der Waals surface area contributed by atoms with Gasteiger partial charge in [0.05, 0.1) is 0 Å². The molecule has 14 heavy (non-hydrogen) atoms. The third kappa shape index (κ3) is 3.06. The Bertz CT molecular complexity index is 349. The number of benzene rings is 1. The lowest BCUT2D eigenvalue weighted by Gasteiger charge is -2.13. The molecule has 1 aromatic rings. The number of hydrogen-bond acceptors (Lipinski definition) is 1. The molecule has 0 aliphatic rings. The molecule has 1 atom stereocenters. The van der Waals surface area contributed by atoms with Crippen molar-refractivity contribution in [2.75, 3.05) is 7.05 Å². The summed E-state index contributed by atoms with van der Waals surface area (Å²) in [4.78, 5) is 0. The molecule has 0 amide bonds. The van der Waals surface area contributed by atoms with Gasteiger partial charge in [0.25, 0.3) is 0 Å². The third-order valence-electron chi connectivity index (χ3n) is 2.08. The summed E-state index contributed by atoms with van der Waals surface area (Å²) in [7, 11) is 1.93. The maximum atomic E-state index is 5.92. The Balaban J connectivity index is 2.81. The average molecular weight is 208 g/mol. The highest BCUT2D eigenvalue weighted by molar-refractivity contribution is 6.30. The molecule has 0 aliphatic carbocycles. The van der Waals surface area contributed by atoms with Crippen LogP contribution in [0.4, 0.5) is 0 Å². The van der Waals surface area contributed by atoms with Crippen molar-refractivity contribution in [3.8, 4) is 11.8 Å². The van der Waals surface area contributed by atoms with Gasteiger partial charge in [-0.25, -0.2) is 0 Å². The van der Waals surface area contributed by atoms with E-state index < -0.39 is 0 Å². The maximum Gasteiger partial charge on any atom is 0.0428 e. The normalized spacial score (nSPS) is 11.6. The van der Waals surface area contributed by atoms with Crippen molar-refractivity contribution in [1.29, 1.82) is 0 Å². The molecular formula is C12H14ClN. The molecule has 1 nitrogen and oxygen atoms in total. The van der Waals surface area contributed by atoms with Gasteiger partial charge >= 0.3 is 0 Å². The molecule has 0 radical (unpaired) electrons. The fraction of sp³-hybridized carbons (Fsp3) is 0.333. The van der Waals surface area contributed by atoms with Crippen LogP contribution in [0, 0.1) is 11.8 Å². The summed E-state index contributed by atoms with van der Waals surface area (Å²) < 4.78 is 0. The van der Waals surface area contributed by atoms with Crippen molar-refractivity contribution in [1.82, 2.24) is 5.32 Å². The summed E-state index contributed by atoms with van der Waals surface area (Å²) in [5.41, 5.74) is 1.18. The molecule has 1 aromatic carbocycles. The minimum absolute atomic E-state index is 0.265. The van der Waals surface area contributed by atoms with E-state index in [9.17, 15) is 0 Å². The predicted octanol–water partition coefficient (Wildman–Crippen LogP) is 3.01. The molecule has 1 N–H and O–H groups in total. The highest BCUT2D eigenvalue weighted by atomic mass is 35.5. The summed E-state index contributed by atoms with van der Waals surface area (Å²) >= 11 is 5.92. The molecule has 0 spiro atoms. The number of halogens is 1. The van der Waals surface area contributed by atoms with Crippen molar-refractivity contribution < 1.29 is 0 Å². The van der Waals surface area contributed by atoms with Gasteiger partial charge in [-0.3, -0.25) is 0 Å². The second-order valence-electron chi connectivity index (χ2n) is 3.03. The van der Waals surface area contributed by atoms with E-state index in [0.29, 0.717) is 0 Å². The predicted molar refractivity (Wildman–Crippen MR) is 61.3 cm³/mol. The molecular weight excluding hydrogens is 194 g/mol. The van der Waals surface area contributed by atoms with Crippen molar-refractivity contribution in [2.45, 2.75) is 19.4 Å². The first-order valence-corrected chi connectivity index (χ1v) is 4.98. The van der Waals surface area contributed by atoms with Crippen molar-refractivity contribution in [3.63, 3.8) is 0 Å². The maximum absolute atomic E-state index is 5.92. The van der Waals surface area contributed by atoms with Gasteiger partial charge in [0.2, 0.25) is 0 Å². The topological polar surface area (TPSA) is 12.0 Å². The molecule has 0 heterocycles. The van der Waals surface area contributed by atoms with Gasteiger partial charge in [-0.2, -0.15) is 0 Å². The van der Waals surface area contributed by atoms with E-state index in [1.807, 2.05) is 32.2 Å². The molecule has 0 fully saturated rings. The number of nitrogens with one attached hydrogen (secondary N) is 1. The van der Waals surface area contributed by atoms with Crippen LogP contribution in [0.15, 0.2) is 24.3 Å². The van der Waals surface area contributed by atoms with Crippen molar-refractivity contribution >= 4 is 11.6 Å². The van der Waals surface area contributed by atoms with Gasteiger partial charge in [-0.1, -0.05) is 23.7 Å². The standard InChI is InChI=1S/C12H14ClN/c1-3-4-8-12(14-2)10-6-5-7-11(13)9-10/h5-7,9,12,14H,8H2,1-2H3. The quantitative estimate of drug-likeness (QED) is 0.752. The van der Waals surface area contributed by atoms with Gasteiger partial charge in [0.15, 0.2) is 0 Å². The van der Waals surface area contributed by atoms with Gasteiger partial charge in [0.1, 0.15) is 0 Å². The van der Waals surface area contributed by atoms with Crippen LogP contribution in [0.25, 0.3) is 0 Å². The molecule has 0 saturated heterocycles. The fourth-order valence-electron chi connectivity index (χ4n) is 1.31. The molecule has 74 valence electrons. The van der Waals surface area contributed by atoms with E-state index in [2.05, 4.69) is 23.2 Å². The Kier molecular flexibility index (Phi) is 4.52. The van der Waals surface area contributed by atoms with Crippen LogP contribution in [-0.4, -0.2) is 7.05 Å². The van der Waals surface area contributed by atoms with Crippen molar-refractivity contribution in [2.24, 2.45) is 0 Å². The van der Waals surface area contributed by atoms with E-state index in [1.165, 1.54) is 5.56 Å². The number of hydrogen-bond donors (Lipinski definition) is 1. The second kappa shape index (κ2) is 5.70. The molecule has 1 rings (SSSR count). The molecule has 0 aromatic heterocycles. The van der Waals surface area contributed by atoms with Crippen LogP contribution in [-0.2, 0) is 0 Å². The summed E-state index contributed by atoms with van der Waals surface area (Å²) in [5, 5.41) is 3.99. The minimum Gasteiger partial charge on any atom is -0.312 e. The summed E-state index contributed by atoms with van der Waals surface area (Å²) in [5.74, 6) is 5.96. The van der Waals surface area contributed by atoms with E-state index >= 15 is 0 Å². The summed E-state index contributed by atoms with van der Waals surface area (Å²) in [6.07, 6.45) is 0.813. The summed E-state index contributed by atoms with van der Waals surface area (Å²) in [6, 6.07) is 8.14. The van der Waals surface area contributed by atoms with Crippen molar-refractivity contribution in [3.05, 3.63) is 34.9 Å². The zero-order valence-corrected chi connectivity index (χ0v) is 9.23. The molecule has 2 heteroatoms. The van der Waals surface area contributed by atoms with Crippen LogP contribution in [0.2, 0.25) is 5.02 Å². The second-order valence-corrected chi connectivity index (χ2v) is 3.46. The SMILES string of the molecule is CC#CCC(NC)c1cccc(Cl)c1. The fourth-order valence-corrected chi connectivity index (χ4v) is 1.51. The Hall–Kier alpha value is -0.970. The average Bonchev–Trinajstić information content (AvgIpc) is 2.19. The highest BCUT2D eigenvalue weighted by Gasteiger charge is 2.06. The smallest absolute Gasteiger partial charge is 0.0428 e. The van der Waals surface area contributed by atoms with Crippen LogP contribution >= 0.6 is 11.6 Å². The van der Waals surface area contributed by atoms with Crippen LogP contribution in [0.3, 0.4) is 0 Å². The van der Waals surface area contributed by atoms with Gasteiger partial charge in [0, 0.05) is 17.5 Å². The summed E-state index contributed by atoms with van der Waals surface area (Å²) in [6.45, 7) is 1.85. The van der Waals surface area contributed by atoms with Crippen LogP contribution in [0.5, 0.6) is 0 Å². The van der Waals surface area contributed by atoms with Gasteiger partial charge in [-0.15, -0.1) is 11.8 Å². The zero-order valence-electron chi connectivity index (χ0n) is 8.47. The largest absolute Gasteiger partial charge is 0.312 e. The van der Waals surface area contributed by atoms with E-state index in [-0.39, 0.29) is 6.04 Å². The first-order chi connectivity index (χ1) is 6.77. The molecule has 0 saturated carbocycles. The van der Waals surface area contributed by atoms with E-state index in [4.69, 9.17) is 11.6 Å². The van der Waals surface area contributed by atoms with E-state index in [0.717, 1.165) is 11.4 Å². The van der Waals surface area contributed by atoms with E-state index in [1.54, 1.807) is 0 Å². The van der Waals surface area contributed by atoms with Crippen LogP contribution < -0.4 is 5.32 Å². The minimum atomic E-state index is 0.265. The lowest BCUT2D eigenvalue weighted by atomic mass is 10.0. The Morgan fingerprint density at radius 1 is 1.50 bits per heavy atom. The molecule has 0 aliphatic heterocycles. The highest BCUT2D eigenvalue weighted by Crippen LogP contribution is 2.19. The first kappa shape index (κ1) is 11.1.